The molecule has 8 nitrogen and oxygen atoms in total. The Morgan fingerprint density at radius 1 is 1.28 bits per heavy atom. The van der Waals surface area contributed by atoms with E-state index in [1.807, 2.05) is 47.8 Å². The van der Waals surface area contributed by atoms with Crippen molar-refractivity contribution < 1.29 is 9.72 Å². The normalized spacial score (nSPS) is 11.0. The average molecular weight is 339 g/mol. The number of rotatable bonds is 5. The van der Waals surface area contributed by atoms with Crippen LogP contribution in [0.3, 0.4) is 0 Å². The summed E-state index contributed by atoms with van der Waals surface area (Å²) in [5.74, 6) is -0.402. The molecular formula is C17H17N5O3. The summed E-state index contributed by atoms with van der Waals surface area (Å²) in [5.41, 5.74) is 1.99. The first-order chi connectivity index (χ1) is 12.0. The molecule has 1 aromatic carbocycles. The van der Waals surface area contributed by atoms with Crippen LogP contribution in [-0.4, -0.2) is 39.2 Å². The number of nitrogens with one attached hydrogen (secondary N) is 1. The summed E-state index contributed by atoms with van der Waals surface area (Å²) in [5, 5.41) is 13.6. The molecule has 0 bridgehead atoms. The number of imidazole rings is 1. The summed E-state index contributed by atoms with van der Waals surface area (Å²) in [6.45, 7) is 0.531. The van der Waals surface area contributed by atoms with E-state index < -0.39 is 10.8 Å². The highest BCUT2D eigenvalue weighted by molar-refractivity contribution is 6.04. The topological polar surface area (TPSA) is 92.8 Å². The Balaban J connectivity index is 1.96. The summed E-state index contributed by atoms with van der Waals surface area (Å²) in [4.78, 5) is 29.4. The van der Waals surface area contributed by atoms with Crippen molar-refractivity contribution in [1.29, 1.82) is 0 Å². The molecule has 0 atom stereocenters. The van der Waals surface area contributed by atoms with Gasteiger partial charge in [-0.2, -0.15) is 0 Å². The second-order valence-corrected chi connectivity index (χ2v) is 5.84. The summed E-state index contributed by atoms with van der Waals surface area (Å²) in [6, 6.07) is 11.4. The van der Waals surface area contributed by atoms with E-state index in [4.69, 9.17) is 0 Å². The number of nitro benzene ring substituents is 1. The van der Waals surface area contributed by atoms with Gasteiger partial charge in [0.15, 0.2) is 5.69 Å². The van der Waals surface area contributed by atoms with E-state index in [1.54, 1.807) is 6.07 Å². The third-order valence-electron chi connectivity index (χ3n) is 3.62. The summed E-state index contributed by atoms with van der Waals surface area (Å²) < 4.78 is 1.86. The number of benzene rings is 1. The Kier molecular flexibility index (Phi) is 4.44. The molecule has 1 amide bonds. The molecule has 0 aliphatic rings. The highest BCUT2D eigenvalue weighted by atomic mass is 16.6. The third kappa shape index (κ3) is 3.48. The van der Waals surface area contributed by atoms with Gasteiger partial charge >= 0.3 is 0 Å². The monoisotopic (exact) mass is 339 g/mol. The van der Waals surface area contributed by atoms with Gasteiger partial charge in [-0.25, -0.2) is 4.98 Å². The van der Waals surface area contributed by atoms with Crippen molar-refractivity contribution in [2.75, 3.05) is 19.4 Å². The number of fused-ring (bicyclic) bond motifs is 1. The Labute approximate surface area is 143 Å². The number of anilines is 1. The third-order valence-corrected chi connectivity index (χ3v) is 3.62. The zero-order valence-corrected chi connectivity index (χ0v) is 13.8. The van der Waals surface area contributed by atoms with Crippen LogP contribution in [0.1, 0.15) is 16.2 Å². The molecule has 3 rings (SSSR count). The molecule has 0 fully saturated rings. The van der Waals surface area contributed by atoms with Gasteiger partial charge in [-0.1, -0.05) is 12.1 Å². The average Bonchev–Trinajstić information content (AvgIpc) is 2.93. The summed E-state index contributed by atoms with van der Waals surface area (Å²) in [7, 11) is 3.81. The minimum Gasteiger partial charge on any atom is -0.320 e. The number of nitrogens with zero attached hydrogens (tertiary/aromatic N) is 4. The maximum atomic E-state index is 12.7. The number of amides is 1. The van der Waals surface area contributed by atoms with E-state index >= 15 is 0 Å². The van der Waals surface area contributed by atoms with E-state index in [0.29, 0.717) is 23.6 Å². The van der Waals surface area contributed by atoms with Crippen molar-refractivity contribution in [3.8, 4) is 0 Å². The fourth-order valence-electron chi connectivity index (χ4n) is 2.57. The SMILES string of the molecule is CN(C)Cc1c(C(=O)Nc2cccc([N+](=O)[O-])c2)nc2ccccn12. The second kappa shape index (κ2) is 6.70. The Hall–Kier alpha value is -3.26. The molecule has 0 unspecified atom stereocenters. The van der Waals surface area contributed by atoms with E-state index in [0.717, 1.165) is 5.69 Å². The standard InChI is InChI=1S/C17H17N5O3/c1-20(2)11-14-16(19-15-8-3-4-9-21(14)15)17(23)18-12-6-5-7-13(10-12)22(24)25/h3-10H,11H2,1-2H3,(H,18,23). The fraction of sp³-hybridized carbons (Fsp3) is 0.176. The first-order valence-corrected chi connectivity index (χ1v) is 7.62. The smallest absolute Gasteiger partial charge is 0.276 e. The van der Waals surface area contributed by atoms with Crippen LogP contribution in [-0.2, 0) is 6.54 Å². The highest BCUT2D eigenvalue weighted by Crippen LogP contribution is 2.20. The van der Waals surface area contributed by atoms with E-state index in [-0.39, 0.29) is 5.69 Å². The lowest BCUT2D eigenvalue weighted by atomic mass is 10.2. The van der Waals surface area contributed by atoms with Gasteiger partial charge in [0.25, 0.3) is 11.6 Å². The number of non-ortho nitro benzene ring substituents is 1. The molecule has 0 aliphatic carbocycles. The fourth-order valence-corrected chi connectivity index (χ4v) is 2.57. The molecule has 1 N–H and O–H groups in total. The van der Waals surface area contributed by atoms with Crippen LogP contribution in [0.2, 0.25) is 0 Å². The minimum atomic E-state index is -0.502. The van der Waals surface area contributed by atoms with Crippen LogP contribution in [0.5, 0.6) is 0 Å². The molecule has 2 aromatic heterocycles. The lowest BCUT2D eigenvalue weighted by molar-refractivity contribution is -0.384. The molecular weight excluding hydrogens is 322 g/mol. The minimum absolute atomic E-state index is 0.0821. The van der Waals surface area contributed by atoms with Crippen LogP contribution in [0.25, 0.3) is 5.65 Å². The molecule has 8 heteroatoms. The van der Waals surface area contributed by atoms with E-state index in [1.165, 1.54) is 18.2 Å². The van der Waals surface area contributed by atoms with Crippen LogP contribution >= 0.6 is 0 Å². The Morgan fingerprint density at radius 3 is 2.80 bits per heavy atom. The quantitative estimate of drug-likeness (QED) is 0.569. The van der Waals surface area contributed by atoms with Gasteiger partial charge < -0.3 is 14.6 Å². The maximum absolute atomic E-state index is 12.7. The van der Waals surface area contributed by atoms with Crippen molar-refractivity contribution in [2.24, 2.45) is 0 Å². The second-order valence-electron chi connectivity index (χ2n) is 5.84. The molecule has 0 saturated carbocycles. The van der Waals surface area contributed by atoms with Crippen molar-refractivity contribution in [1.82, 2.24) is 14.3 Å². The Bertz CT molecular complexity index is 948. The first kappa shape index (κ1) is 16.6. The van der Waals surface area contributed by atoms with Gasteiger partial charge in [0.05, 0.1) is 10.6 Å². The summed E-state index contributed by atoms with van der Waals surface area (Å²) >= 11 is 0. The van der Waals surface area contributed by atoms with Crippen molar-refractivity contribution in [3.05, 3.63) is 70.2 Å². The van der Waals surface area contributed by atoms with Gasteiger partial charge in [-0.05, 0) is 32.3 Å². The van der Waals surface area contributed by atoms with Crippen molar-refractivity contribution in [2.45, 2.75) is 6.54 Å². The molecule has 25 heavy (non-hydrogen) atoms. The number of carbonyl (C=O) groups is 1. The van der Waals surface area contributed by atoms with Crippen LogP contribution in [0, 0.1) is 10.1 Å². The number of pyridine rings is 1. The number of aromatic nitrogens is 2. The first-order valence-electron chi connectivity index (χ1n) is 7.62. The number of hydrogen-bond donors (Lipinski definition) is 1. The predicted molar refractivity (Wildman–Crippen MR) is 93.6 cm³/mol. The van der Waals surface area contributed by atoms with E-state index in [9.17, 15) is 14.9 Å². The van der Waals surface area contributed by atoms with Gasteiger partial charge in [0.1, 0.15) is 5.65 Å². The molecule has 0 radical (unpaired) electrons. The molecule has 0 saturated heterocycles. The van der Waals surface area contributed by atoms with Crippen molar-refractivity contribution >= 4 is 22.9 Å². The van der Waals surface area contributed by atoms with Gasteiger partial charge in [0.2, 0.25) is 0 Å². The molecule has 0 aliphatic heterocycles. The number of hydrogen-bond acceptors (Lipinski definition) is 5. The van der Waals surface area contributed by atoms with E-state index in [2.05, 4.69) is 10.3 Å². The maximum Gasteiger partial charge on any atom is 0.276 e. The zero-order valence-electron chi connectivity index (χ0n) is 13.8. The largest absolute Gasteiger partial charge is 0.320 e. The molecule has 0 spiro atoms. The summed E-state index contributed by atoms with van der Waals surface area (Å²) in [6.07, 6.45) is 1.85. The van der Waals surface area contributed by atoms with Gasteiger partial charge in [0, 0.05) is 30.6 Å². The molecule has 2 heterocycles. The Morgan fingerprint density at radius 2 is 2.08 bits per heavy atom. The molecule has 128 valence electrons. The van der Waals surface area contributed by atoms with Crippen molar-refractivity contribution in [3.63, 3.8) is 0 Å². The lowest BCUT2D eigenvalue weighted by Crippen LogP contribution is -2.19. The van der Waals surface area contributed by atoms with Crippen LogP contribution in [0.15, 0.2) is 48.7 Å². The lowest BCUT2D eigenvalue weighted by Gasteiger charge is -2.11. The highest BCUT2D eigenvalue weighted by Gasteiger charge is 2.20. The van der Waals surface area contributed by atoms with Gasteiger partial charge in [-0.15, -0.1) is 0 Å². The zero-order chi connectivity index (χ0) is 18.0. The number of nitro groups is 1. The predicted octanol–water partition coefficient (Wildman–Crippen LogP) is 2.56. The number of carbonyl (C=O) groups excluding carboxylic acids is 1. The van der Waals surface area contributed by atoms with Crippen LogP contribution < -0.4 is 5.32 Å². The molecule has 3 aromatic rings. The van der Waals surface area contributed by atoms with Gasteiger partial charge in [-0.3, -0.25) is 14.9 Å². The van der Waals surface area contributed by atoms with Crippen LogP contribution in [0.4, 0.5) is 11.4 Å².